The first-order chi connectivity index (χ1) is 8.02. The van der Waals surface area contributed by atoms with Crippen molar-refractivity contribution in [3.8, 4) is 0 Å². The van der Waals surface area contributed by atoms with E-state index >= 15 is 0 Å². The highest BCUT2D eigenvalue weighted by Crippen LogP contribution is 2.28. The maximum atomic E-state index is 13.8. The van der Waals surface area contributed by atoms with Crippen LogP contribution < -0.4 is 0 Å². The van der Waals surface area contributed by atoms with E-state index in [0.717, 1.165) is 6.42 Å². The summed E-state index contributed by atoms with van der Waals surface area (Å²) in [7, 11) is 1.44. The largest absolute Gasteiger partial charge is 0.373 e. The molecule has 0 fully saturated rings. The van der Waals surface area contributed by atoms with E-state index in [9.17, 15) is 9.18 Å². The van der Waals surface area contributed by atoms with Crippen LogP contribution in [0, 0.1) is 5.82 Å². The number of carbonyl (C=O) groups is 1. The van der Waals surface area contributed by atoms with E-state index in [1.165, 1.54) is 13.2 Å². The average molecular weight is 324 g/mol. The number of Topliss-reactive ketones (excluding diaryl/α,β-unsaturated/α-hetero) is 1. The Morgan fingerprint density at radius 2 is 2.24 bits per heavy atom. The number of ether oxygens (including phenoxy) is 1. The van der Waals surface area contributed by atoms with E-state index in [0.29, 0.717) is 10.9 Å². The quantitative estimate of drug-likeness (QED) is 0.598. The minimum absolute atomic E-state index is 0.0292. The Morgan fingerprint density at radius 1 is 1.59 bits per heavy atom. The molecule has 1 aromatic carbocycles. The third-order valence-corrected chi connectivity index (χ3v) is 3.69. The maximum absolute atomic E-state index is 13.8. The number of ketones is 1. The van der Waals surface area contributed by atoms with Gasteiger partial charge in [0.25, 0.3) is 0 Å². The van der Waals surface area contributed by atoms with E-state index in [1.54, 1.807) is 6.07 Å². The highest BCUT2D eigenvalue weighted by molar-refractivity contribution is 9.10. The van der Waals surface area contributed by atoms with Gasteiger partial charge in [0.15, 0.2) is 11.6 Å². The van der Waals surface area contributed by atoms with Crippen LogP contribution in [-0.4, -0.2) is 19.0 Å². The van der Waals surface area contributed by atoms with Crippen LogP contribution in [-0.2, 0) is 4.74 Å². The van der Waals surface area contributed by atoms with Crippen molar-refractivity contribution < 1.29 is 13.9 Å². The number of halogens is 3. The molecule has 0 aliphatic rings. The Balaban J connectivity index is 3.08. The predicted molar refractivity (Wildman–Crippen MR) is 69.1 cm³/mol. The third kappa shape index (κ3) is 3.27. The molecule has 0 radical (unpaired) electrons. The van der Waals surface area contributed by atoms with E-state index in [1.807, 2.05) is 6.92 Å². The molecule has 0 N–H and O–H groups in total. The van der Waals surface area contributed by atoms with Gasteiger partial charge in [0.1, 0.15) is 6.10 Å². The van der Waals surface area contributed by atoms with Gasteiger partial charge in [0.2, 0.25) is 0 Å². The molecule has 0 heterocycles. The zero-order valence-corrected chi connectivity index (χ0v) is 11.9. The summed E-state index contributed by atoms with van der Waals surface area (Å²) in [6, 6.07) is 2.96. The van der Waals surface area contributed by atoms with E-state index in [-0.39, 0.29) is 16.4 Å². The minimum atomic E-state index is -0.704. The summed E-state index contributed by atoms with van der Waals surface area (Å²) >= 11 is 8.84. The molecule has 0 saturated carbocycles. The van der Waals surface area contributed by atoms with Gasteiger partial charge >= 0.3 is 0 Å². The zero-order chi connectivity index (χ0) is 13.0. The molecule has 17 heavy (non-hydrogen) atoms. The summed E-state index contributed by atoms with van der Waals surface area (Å²) in [5, 5.41) is -0.0813. The summed E-state index contributed by atoms with van der Waals surface area (Å²) in [4.78, 5) is 12.0. The second kappa shape index (κ2) is 6.47. The predicted octanol–water partition coefficient (Wildman–Crippen LogP) is 4.24. The topological polar surface area (TPSA) is 26.3 Å². The van der Waals surface area contributed by atoms with Crippen molar-refractivity contribution in [1.29, 1.82) is 0 Å². The van der Waals surface area contributed by atoms with Crippen molar-refractivity contribution >= 4 is 33.3 Å². The van der Waals surface area contributed by atoms with Gasteiger partial charge in [-0.1, -0.05) is 24.9 Å². The van der Waals surface area contributed by atoms with E-state index in [4.69, 9.17) is 16.3 Å². The zero-order valence-electron chi connectivity index (χ0n) is 9.60. The van der Waals surface area contributed by atoms with Crippen LogP contribution in [0.3, 0.4) is 0 Å². The molecule has 1 aromatic rings. The Bertz CT molecular complexity index is 423. The SMILES string of the molecule is CCCC(OC)C(=O)c1ccc(Br)c(Cl)c1F. The number of hydrogen-bond donors (Lipinski definition) is 0. The molecule has 5 heteroatoms. The second-order valence-corrected chi connectivity index (χ2v) is 4.83. The van der Waals surface area contributed by atoms with Crippen molar-refractivity contribution in [2.24, 2.45) is 0 Å². The first-order valence-electron chi connectivity index (χ1n) is 5.23. The fraction of sp³-hybridized carbons (Fsp3) is 0.417. The first-order valence-corrected chi connectivity index (χ1v) is 6.40. The molecule has 2 nitrogen and oxygen atoms in total. The number of methoxy groups -OCH3 is 1. The fourth-order valence-corrected chi connectivity index (χ4v) is 1.98. The van der Waals surface area contributed by atoms with Gasteiger partial charge < -0.3 is 4.74 Å². The van der Waals surface area contributed by atoms with Crippen molar-refractivity contribution in [1.82, 2.24) is 0 Å². The van der Waals surface area contributed by atoms with Crippen LogP contribution in [0.15, 0.2) is 16.6 Å². The number of hydrogen-bond acceptors (Lipinski definition) is 2. The summed E-state index contributed by atoms with van der Waals surface area (Å²) in [6.45, 7) is 1.93. The molecule has 0 saturated heterocycles. The molecule has 1 atom stereocenters. The molecule has 0 amide bonds. The lowest BCUT2D eigenvalue weighted by Crippen LogP contribution is -2.24. The first kappa shape index (κ1) is 14.6. The van der Waals surface area contributed by atoms with E-state index in [2.05, 4.69) is 15.9 Å². The second-order valence-electron chi connectivity index (χ2n) is 3.60. The van der Waals surface area contributed by atoms with Crippen LogP contribution >= 0.6 is 27.5 Å². The lowest BCUT2D eigenvalue weighted by molar-refractivity contribution is 0.0574. The van der Waals surface area contributed by atoms with Crippen LogP contribution in [0.1, 0.15) is 30.1 Å². The highest BCUT2D eigenvalue weighted by atomic mass is 79.9. The molecule has 1 rings (SSSR count). The maximum Gasteiger partial charge on any atom is 0.194 e. The lowest BCUT2D eigenvalue weighted by atomic mass is 10.0. The van der Waals surface area contributed by atoms with Gasteiger partial charge in [-0.15, -0.1) is 0 Å². The van der Waals surface area contributed by atoms with Gasteiger partial charge in [-0.3, -0.25) is 4.79 Å². The molecule has 0 aliphatic heterocycles. The van der Waals surface area contributed by atoms with E-state index < -0.39 is 11.9 Å². The van der Waals surface area contributed by atoms with Crippen LogP contribution in [0.2, 0.25) is 5.02 Å². The number of carbonyl (C=O) groups excluding carboxylic acids is 1. The van der Waals surface area contributed by atoms with Gasteiger partial charge in [0.05, 0.1) is 10.6 Å². The monoisotopic (exact) mass is 322 g/mol. The molecule has 0 aromatic heterocycles. The highest BCUT2D eigenvalue weighted by Gasteiger charge is 2.23. The summed E-state index contributed by atoms with van der Waals surface area (Å²) < 4.78 is 19.3. The van der Waals surface area contributed by atoms with Crippen molar-refractivity contribution in [2.75, 3.05) is 7.11 Å². The fourth-order valence-electron chi connectivity index (χ4n) is 1.51. The van der Waals surface area contributed by atoms with Crippen LogP contribution in [0.4, 0.5) is 4.39 Å². The van der Waals surface area contributed by atoms with Gasteiger partial charge in [-0.05, 0) is 34.5 Å². The molecule has 0 bridgehead atoms. The molecular formula is C12H13BrClFO2. The number of benzene rings is 1. The summed E-state index contributed by atoms with van der Waals surface area (Å²) in [5.41, 5.74) is -0.0292. The molecule has 0 spiro atoms. The Morgan fingerprint density at radius 3 is 2.76 bits per heavy atom. The molecular weight excluding hydrogens is 310 g/mol. The van der Waals surface area contributed by atoms with Crippen LogP contribution in [0.5, 0.6) is 0 Å². The molecule has 0 aliphatic carbocycles. The van der Waals surface area contributed by atoms with Gasteiger partial charge in [-0.25, -0.2) is 4.39 Å². The van der Waals surface area contributed by atoms with Crippen molar-refractivity contribution in [2.45, 2.75) is 25.9 Å². The Labute approximate surface area is 113 Å². The Kier molecular flexibility index (Phi) is 5.56. The molecule has 94 valence electrons. The smallest absolute Gasteiger partial charge is 0.194 e. The van der Waals surface area contributed by atoms with Gasteiger partial charge in [0, 0.05) is 11.6 Å². The van der Waals surface area contributed by atoms with Crippen LogP contribution in [0.25, 0.3) is 0 Å². The van der Waals surface area contributed by atoms with Crippen molar-refractivity contribution in [3.63, 3.8) is 0 Å². The third-order valence-electron chi connectivity index (χ3n) is 2.43. The summed E-state index contributed by atoms with van der Waals surface area (Å²) in [6.07, 6.45) is 0.727. The van der Waals surface area contributed by atoms with Gasteiger partial charge in [-0.2, -0.15) is 0 Å². The molecule has 1 unspecified atom stereocenters. The number of rotatable bonds is 5. The average Bonchev–Trinajstić information content (AvgIpc) is 2.32. The van der Waals surface area contributed by atoms with Crippen molar-refractivity contribution in [3.05, 3.63) is 33.0 Å². The lowest BCUT2D eigenvalue weighted by Gasteiger charge is -2.14. The normalized spacial score (nSPS) is 12.5. The minimum Gasteiger partial charge on any atom is -0.373 e. The standard InChI is InChI=1S/C12H13BrClFO2/c1-3-4-9(17-2)12(16)7-5-6-8(13)10(14)11(7)15/h5-6,9H,3-4H2,1-2H3. The Hall–Kier alpha value is -0.450. The summed E-state index contributed by atoms with van der Waals surface area (Å²) in [5.74, 6) is -1.08.